The summed E-state index contributed by atoms with van der Waals surface area (Å²) >= 11 is 0. The second-order valence-corrected chi connectivity index (χ2v) is 5.65. The van der Waals surface area contributed by atoms with Crippen molar-refractivity contribution in [3.8, 4) is 5.75 Å². The number of ether oxygens (including phenoxy) is 1. The second-order valence-electron chi connectivity index (χ2n) is 5.65. The van der Waals surface area contributed by atoms with E-state index in [-0.39, 0.29) is 0 Å². The standard InChI is InChI=1S/C16H25NO/c1-13(2)7-5-6-10-17-12-15-11-14-8-3-4-9-16(14)18-15/h3-4,8-9,13,15,17H,5-7,10-12H2,1-2H3. The molecular weight excluding hydrogens is 222 g/mol. The molecule has 0 bridgehead atoms. The van der Waals surface area contributed by atoms with Gasteiger partial charge in [-0.25, -0.2) is 0 Å². The lowest BCUT2D eigenvalue weighted by Crippen LogP contribution is -2.30. The average Bonchev–Trinajstić information content (AvgIpc) is 2.75. The summed E-state index contributed by atoms with van der Waals surface area (Å²) < 4.78 is 5.89. The third-order valence-corrected chi connectivity index (χ3v) is 3.47. The summed E-state index contributed by atoms with van der Waals surface area (Å²) in [5.41, 5.74) is 1.35. The van der Waals surface area contributed by atoms with Crippen molar-refractivity contribution >= 4 is 0 Å². The SMILES string of the molecule is CC(C)CCCCNCC1Cc2ccccc2O1. The van der Waals surface area contributed by atoms with Crippen molar-refractivity contribution in [2.24, 2.45) is 5.92 Å². The molecule has 0 radical (unpaired) electrons. The summed E-state index contributed by atoms with van der Waals surface area (Å²) in [5.74, 6) is 1.90. The van der Waals surface area contributed by atoms with E-state index < -0.39 is 0 Å². The van der Waals surface area contributed by atoms with E-state index in [4.69, 9.17) is 4.74 Å². The molecule has 0 fully saturated rings. The fraction of sp³-hybridized carbons (Fsp3) is 0.625. The highest BCUT2D eigenvalue weighted by Crippen LogP contribution is 2.27. The summed E-state index contributed by atoms with van der Waals surface area (Å²) in [4.78, 5) is 0. The van der Waals surface area contributed by atoms with Crippen molar-refractivity contribution in [2.75, 3.05) is 13.1 Å². The number of nitrogens with one attached hydrogen (secondary N) is 1. The van der Waals surface area contributed by atoms with Crippen LogP contribution in [0.4, 0.5) is 0 Å². The number of rotatable bonds is 7. The van der Waals surface area contributed by atoms with Crippen molar-refractivity contribution in [1.29, 1.82) is 0 Å². The molecule has 0 spiro atoms. The normalized spacial score (nSPS) is 17.8. The summed E-state index contributed by atoms with van der Waals surface area (Å²) in [6.45, 7) is 6.66. The maximum Gasteiger partial charge on any atom is 0.123 e. The number of unbranched alkanes of at least 4 members (excludes halogenated alkanes) is 1. The van der Waals surface area contributed by atoms with Gasteiger partial charge in [0.15, 0.2) is 0 Å². The minimum Gasteiger partial charge on any atom is -0.488 e. The van der Waals surface area contributed by atoms with Crippen LogP contribution >= 0.6 is 0 Å². The number of para-hydroxylation sites is 1. The largest absolute Gasteiger partial charge is 0.488 e. The lowest BCUT2D eigenvalue weighted by atomic mass is 10.1. The monoisotopic (exact) mass is 247 g/mol. The smallest absolute Gasteiger partial charge is 0.123 e. The van der Waals surface area contributed by atoms with Gasteiger partial charge in [-0.3, -0.25) is 0 Å². The Hall–Kier alpha value is -1.02. The quantitative estimate of drug-likeness (QED) is 0.746. The molecule has 2 rings (SSSR count). The molecule has 0 saturated heterocycles. The van der Waals surface area contributed by atoms with Crippen molar-refractivity contribution < 1.29 is 4.74 Å². The van der Waals surface area contributed by atoms with Crippen LogP contribution in [0.3, 0.4) is 0 Å². The van der Waals surface area contributed by atoms with Gasteiger partial charge in [0.25, 0.3) is 0 Å². The first-order chi connectivity index (χ1) is 8.75. The highest BCUT2D eigenvalue weighted by Gasteiger charge is 2.21. The number of hydrogen-bond donors (Lipinski definition) is 1. The Kier molecular flexibility index (Phi) is 5.06. The van der Waals surface area contributed by atoms with E-state index >= 15 is 0 Å². The van der Waals surface area contributed by atoms with Crippen LogP contribution in [0.1, 0.15) is 38.7 Å². The Morgan fingerprint density at radius 1 is 1.28 bits per heavy atom. The van der Waals surface area contributed by atoms with Crippen molar-refractivity contribution in [2.45, 2.75) is 45.6 Å². The first kappa shape index (κ1) is 13.4. The topological polar surface area (TPSA) is 21.3 Å². The Labute approximate surface area is 111 Å². The van der Waals surface area contributed by atoms with Gasteiger partial charge >= 0.3 is 0 Å². The Morgan fingerprint density at radius 3 is 2.89 bits per heavy atom. The Bertz CT molecular complexity index is 337. The Balaban J connectivity index is 1.57. The zero-order chi connectivity index (χ0) is 12.8. The fourth-order valence-electron chi connectivity index (χ4n) is 2.43. The molecule has 100 valence electrons. The highest BCUT2D eigenvalue weighted by atomic mass is 16.5. The number of fused-ring (bicyclic) bond motifs is 1. The predicted octanol–water partition coefficient (Wildman–Crippen LogP) is 3.41. The molecule has 0 saturated carbocycles. The summed E-state index contributed by atoms with van der Waals surface area (Å²) in [5, 5.41) is 3.51. The van der Waals surface area contributed by atoms with Gasteiger partial charge < -0.3 is 10.1 Å². The molecule has 0 amide bonds. The molecule has 0 aliphatic carbocycles. The van der Waals surface area contributed by atoms with E-state index in [2.05, 4.69) is 37.4 Å². The molecule has 1 aromatic rings. The van der Waals surface area contributed by atoms with Crippen molar-refractivity contribution in [3.05, 3.63) is 29.8 Å². The van der Waals surface area contributed by atoms with Crippen molar-refractivity contribution in [3.63, 3.8) is 0 Å². The maximum absolute atomic E-state index is 5.89. The van der Waals surface area contributed by atoms with Crippen LogP contribution in [0, 0.1) is 5.92 Å². The third kappa shape index (κ3) is 4.02. The summed E-state index contributed by atoms with van der Waals surface area (Å²) in [6, 6.07) is 8.36. The van der Waals surface area contributed by atoms with E-state index in [1.54, 1.807) is 0 Å². The van der Waals surface area contributed by atoms with Gasteiger partial charge in [0.1, 0.15) is 11.9 Å². The summed E-state index contributed by atoms with van der Waals surface area (Å²) in [7, 11) is 0. The third-order valence-electron chi connectivity index (χ3n) is 3.47. The van der Waals surface area contributed by atoms with Gasteiger partial charge in [0, 0.05) is 13.0 Å². The van der Waals surface area contributed by atoms with Gasteiger partial charge in [-0.1, -0.05) is 44.9 Å². The molecule has 2 heteroatoms. The van der Waals surface area contributed by atoms with E-state index in [0.29, 0.717) is 6.10 Å². The molecule has 2 nitrogen and oxygen atoms in total. The van der Waals surface area contributed by atoms with Gasteiger partial charge in [-0.05, 0) is 30.5 Å². The zero-order valence-electron chi connectivity index (χ0n) is 11.6. The lowest BCUT2D eigenvalue weighted by Gasteiger charge is -2.12. The molecule has 1 heterocycles. The van der Waals surface area contributed by atoms with E-state index in [9.17, 15) is 0 Å². The van der Waals surface area contributed by atoms with E-state index in [1.807, 2.05) is 6.07 Å². The second kappa shape index (κ2) is 6.79. The van der Waals surface area contributed by atoms with Crippen LogP contribution < -0.4 is 10.1 Å². The number of benzene rings is 1. The van der Waals surface area contributed by atoms with Crippen LogP contribution in [-0.2, 0) is 6.42 Å². The molecule has 1 aliphatic rings. The minimum atomic E-state index is 0.326. The molecular formula is C16H25NO. The van der Waals surface area contributed by atoms with Crippen LogP contribution in [0.5, 0.6) is 5.75 Å². The first-order valence-electron chi connectivity index (χ1n) is 7.21. The van der Waals surface area contributed by atoms with Crippen LogP contribution in [0.25, 0.3) is 0 Å². The highest BCUT2D eigenvalue weighted by molar-refractivity contribution is 5.37. The molecule has 1 aromatic carbocycles. The molecule has 1 unspecified atom stereocenters. The maximum atomic E-state index is 5.89. The predicted molar refractivity (Wildman–Crippen MR) is 76.1 cm³/mol. The molecule has 1 N–H and O–H groups in total. The van der Waals surface area contributed by atoms with Crippen LogP contribution in [-0.4, -0.2) is 19.2 Å². The summed E-state index contributed by atoms with van der Waals surface area (Å²) in [6.07, 6.45) is 5.32. The van der Waals surface area contributed by atoms with E-state index in [0.717, 1.165) is 31.2 Å². The molecule has 0 aromatic heterocycles. The lowest BCUT2D eigenvalue weighted by molar-refractivity contribution is 0.227. The van der Waals surface area contributed by atoms with Gasteiger partial charge in [-0.2, -0.15) is 0 Å². The van der Waals surface area contributed by atoms with E-state index in [1.165, 1.54) is 24.8 Å². The van der Waals surface area contributed by atoms with Crippen LogP contribution in [0.15, 0.2) is 24.3 Å². The first-order valence-corrected chi connectivity index (χ1v) is 7.21. The zero-order valence-corrected chi connectivity index (χ0v) is 11.6. The van der Waals surface area contributed by atoms with Gasteiger partial charge in [0.05, 0.1) is 0 Å². The van der Waals surface area contributed by atoms with Gasteiger partial charge in [0.2, 0.25) is 0 Å². The fourth-order valence-corrected chi connectivity index (χ4v) is 2.43. The van der Waals surface area contributed by atoms with Crippen LogP contribution in [0.2, 0.25) is 0 Å². The Morgan fingerprint density at radius 2 is 2.11 bits per heavy atom. The van der Waals surface area contributed by atoms with Crippen molar-refractivity contribution in [1.82, 2.24) is 5.32 Å². The molecule has 1 atom stereocenters. The number of hydrogen-bond acceptors (Lipinski definition) is 2. The molecule has 18 heavy (non-hydrogen) atoms. The average molecular weight is 247 g/mol. The molecule has 1 aliphatic heterocycles. The van der Waals surface area contributed by atoms with Gasteiger partial charge in [-0.15, -0.1) is 0 Å². The minimum absolute atomic E-state index is 0.326.